The highest BCUT2D eigenvalue weighted by Crippen LogP contribution is 2.29. The molecule has 1 fully saturated rings. The molecule has 0 radical (unpaired) electrons. The van der Waals surface area contributed by atoms with Crippen molar-refractivity contribution in [1.82, 2.24) is 9.88 Å². The summed E-state index contributed by atoms with van der Waals surface area (Å²) < 4.78 is 13.0. The number of carbonyl (C=O) groups is 1. The van der Waals surface area contributed by atoms with Crippen LogP contribution in [0.15, 0.2) is 18.2 Å². The van der Waals surface area contributed by atoms with E-state index < -0.39 is 6.10 Å². The van der Waals surface area contributed by atoms with Gasteiger partial charge in [0.15, 0.2) is 0 Å². The molecule has 6 nitrogen and oxygen atoms in total. The second kappa shape index (κ2) is 9.63. The van der Waals surface area contributed by atoms with Crippen molar-refractivity contribution in [3.8, 4) is 5.75 Å². The van der Waals surface area contributed by atoms with E-state index in [4.69, 9.17) is 9.47 Å². The SMILES string of the molecule is CCOC(=O)c1c(C)n(C)c2ccc(OC[C@H](O)CN[C@H]3CCCC[C@@H]3C)cc12. The van der Waals surface area contributed by atoms with E-state index in [-0.39, 0.29) is 12.6 Å². The maximum absolute atomic E-state index is 12.4. The maximum Gasteiger partial charge on any atom is 0.340 e. The number of hydrogen-bond acceptors (Lipinski definition) is 5. The molecule has 1 saturated carbocycles. The molecule has 3 rings (SSSR count). The van der Waals surface area contributed by atoms with Crippen molar-refractivity contribution in [2.75, 3.05) is 19.8 Å². The molecule has 0 unspecified atom stereocenters. The van der Waals surface area contributed by atoms with Crippen LogP contribution >= 0.6 is 0 Å². The number of carbonyl (C=O) groups excluding carboxylic acids is 1. The van der Waals surface area contributed by atoms with Gasteiger partial charge in [-0.15, -0.1) is 0 Å². The highest BCUT2D eigenvalue weighted by molar-refractivity contribution is 6.06. The highest BCUT2D eigenvalue weighted by atomic mass is 16.5. The Hall–Kier alpha value is -2.05. The standard InChI is InChI=1S/C23H34N2O4/c1-5-28-23(27)22-16(3)25(4)21-11-10-18(12-19(21)22)29-14-17(26)13-24-20-9-7-6-8-15(20)2/h10-12,15,17,20,24,26H,5-9,13-14H2,1-4H3/t15-,17+,20-/m0/s1. The van der Waals surface area contributed by atoms with E-state index >= 15 is 0 Å². The number of nitrogens with zero attached hydrogens (tertiary/aromatic N) is 1. The number of rotatable bonds is 8. The number of hydrogen-bond donors (Lipinski definition) is 2. The lowest BCUT2D eigenvalue weighted by Gasteiger charge is -2.30. The molecule has 1 aliphatic carbocycles. The minimum Gasteiger partial charge on any atom is -0.491 e. The summed E-state index contributed by atoms with van der Waals surface area (Å²) in [6.45, 7) is 7.06. The third kappa shape index (κ3) is 4.93. The van der Waals surface area contributed by atoms with Gasteiger partial charge >= 0.3 is 5.97 Å². The van der Waals surface area contributed by atoms with E-state index in [9.17, 15) is 9.90 Å². The van der Waals surface area contributed by atoms with Crippen molar-refractivity contribution < 1.29 is 19.4 Å². The zero-order chi connectivity index (χ0) is 21.0. The number of aryl methyl sites for hydroxylation is 1. The summed E-state index contributed by atoms with van der Waals surface area (Å²) in [5.41, 5.74) is 2.39. The van der Waals surface area contributed by atoms with Gasteiger partial charge in [0.1, 0.15) is 18.5 Å². The summed E-state index contributed by atoms with van der Waals surface area (Å²) in [5.74, 6) is 0.971. The first-order chi connectivity index (χ1) is 13.9. The molecule has 0 saturated heterocycles. The fourth-order valence-electron chi connectivity index (χ4n) is 4.26. The van der Waals surface area contributed by atoms with Gasteiger partial charge in [-0.05, 0) is 50.8 Å². The van der Waals surface area contributed by atoms with Crippen molar-refractivity contribution in [1.29, 1.82) is 0 Å². The van der Waals surface area contributed by atoms with Crippen molar-refractivity contribution in [3.63, 3.8) is 0 Å². The van der Waals surface area contributed by atoms with Crippen LogP contribution in [0.3, 0.4) is 0 Å². The normalized spacial score (nSPS) is 20.6. The third-order valence-corrected chi connectivity index (χ3v) is 6.11. The van der Waals surface area contributed by atoms with E-state index in [1.165, 1.54) is 25.7 Å². The Morgan fingerprint density at radius 2 is 2.10 bits per heavy atom. The molecule has 2 aromatic rings. The topological polar surface area (TPSA) is 72.7 Å². The Bertz CT molecular complexity index is 845. The number of benzene rings is 1. The molecule has 3 atom stereocenters. The molecule has 2 N–H and O–H groups in total. The summed E-state index contributed by atoms with van der Waals surface area (Å²) in [6.07, 6.45) is 4.41. The highest BCUT2D eigenvalue weighted by Gasteiger charge is 2.22. The molecule has 1 heterocycles. The van der Waals surface area contributed by atoms with Crippen molar-refractivity contribution in [2.45, 2.75) is 58.6 Å². The molecular weight excluding hydrogens is 368 g/mol. The number of aliphatic hydroxyl groups excluding tert-OH is 1. The first kappa shape index (κ1) is 21.7. The van der Waals surface area contributed by atoms with Crippen molar-refractivity contribution in [3.05, 3.63) is 29.5 Å². The van der Waals surface area contributed by atoms with E-state index in [0.29, 0.717) is 36.4 Å². The van der Waals surface area contributed by atoms with Gasteiger partial charge in [-0.2, -0.15) is 0 Å². The lowest BCUT2D eigenvalue weighted by atomic mass is 9.86. The monoisotopic (exact) mass is 402 g/mol. The fraction of sp³-hybridized carbons (Fsp3) is 0.609. The summed E-state index contributed by atoms with van der Waals surface area (Å²) in [4.78, 5) is 12.4. The van der Waals surface area contributed by atoms with Crippen LogP contribution in [0, 0.1) is 12.8 Å². The molecule has 0 bridgehead atoms. The van der Waals surface area contributed by atoms with Crippen LogP contribution in [-0.2, 0) is 11.8 Å². The number of fused-ring (bicyclic) bond motifs is 1. The van der Waals surface area contributed by atoms with Gasteiger partial charge in [0, 0.05) is 36.2 Å². The predicted octanol–water partition coefficient (Wildman–Crippen LogP) is 3.57. The summed E-state index contributed by atoms with van der Waals surface area (Å²) >= 11 is 0. The van der Waals surface area contributed by atoms with E-state index in [1.54, 1.807) is 6.92 Å². The lowest BCUT2D eigenvalue weighted by molar-refractivity contribution is 0.0527. The van der Waals surface area contributed by atoms with E-state index in [1.807, 2.05) is 36.7 Å². The average Bonchev–Trinajstić information content (AvgIpc) is 2.96. The smallest absolute Gasteiger partial charge is 0.340 e. The predicted molar refractivity (Wildman–Crippen MR) is 115 cm³/mol. The Morgan fingerprint density at radius 3 is 2.83 bits per heavy atom. The average molecular weight is 403 g/mol. The van der Waals surface area contributed by atoms with Gasteiger partial charge in [0.05, 0.1) is 12.2 Å². The molecule has 6 heteroatoms. The maximum atomic E-state index is 12.4. The van der Waals surface area contributed by atoms with Crippen LogP contribution in [0.5, 0.6) is 5.75 Å². The van der Waals surface area contributed by atoms with Crippen molar-refractivity contribution >= 4 is 16.9 Å². The van der Waals surface area contributed by atoms with Crippen molar-refractivity contribution in [2.24, 2.45) is 13.0 Å². The fourth-order valence-corrected chi connectivity index (χ4v) is 4.26. The Kier molecular flexibility index (Phi) is 7.19. The van der Waals surface area contributed by atoms with Crippen LogP contribution in [0.4, 0.5) is 0 Å². The molecule has 1 aromatic carbocycles. The zero-order valence-electron chi connectivity index (χ0n) is 18.0. The Labute approximate surface area is 173 Å². The second-order valence-corrected chi connectivity index (χ2v) is 8.16. The molecule has 1 aromatic heterocycles. The summed E-state index contributed by atoms with van der Waals surface area (Å²) in [6, 6.07) is 6.15. The van der Waals surface area contributed by atoms with Gasteiger partial charge in [-0.25, -0.2) is 4.79 Å². The molecule has 29 heavy (non-hydrogen) atoms. The number of ether oxygens (including phenoxy) is 2. The van der Waals surface area contributed by atoms with Gasteiger partial charge < -0.3 is 24.5 Å². The van der Waals surface area contributed by atoms with Crippen LogP contribution in [0.2, 0.25) is 0 Å². The van der Waals surface area contributed by atoms with E-state index in [2.05, 4.69) is 12.2 Å². The number of nitrogens with one attached hydrogen (secondary N) is 1. The molecular formula is C23H34N2O4. The lowest BCUT2D eigenvalue weighted by Crippen LogP contribution is -2.42. The largest absolute Gasteiger partial charge is 0.491 e. The Morgan fingerprint density at radius 1 is 1.34 bits per heavy atom. The Balaban J connectivity index is 1.64. The molecule has 0 amide bonds. The number of esters is 1. The van der Waals surface area contributed by atoms with Crippen LogP contribution < -0.4 is 10.1 Å². The summed E-state index contributed by atoms with van der Waals surface area (Å²) in [7, 11) is 1.93. The minimum absolute atomic E-state index is 0.208. The van der Waals surface area contributed by atoms with Gasteiger partial charge in [0.2, 0.25) is 0 Å². The van der Waals surface area contributed by atoms with Gasteiger partial charge in [0.25, 0.3) is 0 Å². The van der Waals surface area contributed by atoms with E-state index in [0.717, 1.165) is 16.6 Å². The first-order valence-corrected chi connectivity index (χ1v) is 10.7. The van der Waals surface area contributed by atoms with Crippen LogP contribution in [0.1, 0.15) is 55.6 Å². The number of aromatic nitrogens is 1. The first-order valence-electron chi connectivity index (χ1n) is 10.7. The van der Waals surface area contributed by atoms with Gasteiger partial charge in [-0.1, -0.05) is 19.8 Å². The quantitative estimate of drug-likeness (QED) is 0.661. The molecule has 1 aliphatic rings. The molecule has 0 aliphatic heterocycles. The third-order valence-electron chi connectivity index (χ3n) is 6.11. The summed E-state index contributed by atoms with van der Waals surface area (Å²) in [5, 5.41) is 14.6. The van der Waals surface area contributed by atoms with Gasteiger partial charge in [-0.3, -0.25) is 0 Å². The van der Waals surface area contributed by atoms with Crippen LogP contribution in [-0.4, -0.2) is 47.5 Å². The second-order valence-electron chi connectivity index (χ2n) is 8.16. The number of aliphatic hydroxyl groups is 1. The minimum atomic E-state index is -0.582. The zero-order valence-corrected chi connectivity index (χ0v) is 18.0. The van der Waals surface area contributed by atoms with Crippen LogP contribution in [0.25, 0.3) is 10.9 Å². The molecule has 0 spiro atoms. The molecule has 160 valence electrons.